The highest BCUT2D eigenvalue weighted by Gasteiger charge is 2.17. The third-order valence-electron chi connectivity index (χ3n) is 3.49. The zero-order valence-electron chi connectivity index (χ0n) is 11.6. The maximum absolute atomic E-state index is 13.6. The van der Waals surface area contributed by atoms with Crippen molar-refractivity contribution in [1.29, 1.82) is 0 Å². The van der Waals surface area contributed by atoms with Gasteiger partial charge in [0.25, 0.3) is 0 Å². The van der Waals surface area contributed by atoms with Gasteiger partial charge in [0.15, 0.2) is 0 Å². The molecule has 2 aromatic carbocycles. The van der Waals surface area contributed by atoms with E-state index in [1.807, 2.05) is 33.0 Å². The molecule has 1 unspecified atom stereocenters. The molecule has 0 aliphatic heterocycles. The molecule has 0 saturated carbocycles. The Hall–Kier alpha value is -1.09. The molecule has 20 heavy (non-hydrogen) atoms. The van der Waals surface area contributed by atoms with Crippen LogP contribution in [0.1, 0.15) is 28.3 Å². The summed E-state index contributed by atoms with van der Waals surface area (Å²) in [5.41, 5.74) is 4.01. The van der Waals surface area contributed by atoms with Gasteiger partial charge in [-0.05, 0) is 61.3 Å². The molecular formula is C16H16Cl2FN. The third-order valence-corrected chi connectivity index (χ3v) is 4.12. The van der Waals surface area contributed by atoms with Gasteiger partial charge in [-0.3, -0.25) is 0 Å². The Morgan fingerprint density at radius 2 is 1.65 bits per heavy atom. The van der Waals surface area contributed by atoms with Crippen molar-refractivity contribution in [2.24, 2.45) is 0 Å². The van der Waals surface area contributed by atoms with E-state index in [2.05, 4.69) is 5.32 Å². The Morgan fingerprint density at radius 1 is 1.00 bits per heavy atom. The van der Waals surface area contributed by atoms with Gasteiger partial charge in [-0.15, -0.1) is 0 Å². The molecule has 0 amide bonds. The molecule has 106 valence electrons. The highest BCUT2D eigenvalue weighted by molar-refractivity contribution is 6.31. The van der Waals surface area contributed by atoms with E-state index in [0.29, 0.717) is 5.02 Å². The largest absolute Gasteiger partial charge is 0.309 e. The van der Waals surface area contributed by atoms with Crippen LogP contribution >= 0.6 is 23.2 Å². The fourth-order valence-corrected chi connectivity index (χ4v) is 2.66. The zero-order valence-corrected chi connectivity index (χ0v) is 13.1. The number of halogens is 3. The van der Waals surface area contributed by atoms with Crippen LogP contribution in [-0.4, -0.2) is 7.05 Å². The summed E-state index contributed by atoms with van der Waals surface area (Å²) >= 11 is 12.1. The summed E-state index contributed by atoms with van der Waals surface area (Å²) in [4.78, 5) is 0. The predicted octanol–water partition coefficient (Wildman–Crippen LogP) is 5.06. The molecule has 2 aromatic rings. The van der Waals surface area contributed by atoms with E-state index < -0.39 is 5.82 Å². The van der Waals surface area contributed by atoms with E-state index in [4.69, 9.17) is 23.2 Å². The summed E-state index contributed by atoms with van der Waals surface area (Å²) in [5.74, 6) is -0.427. The van der Waals surface area contributed by atoms with Crippen LogP contribution < -0.4 is 5.32 Å². The molecule has 1 atom stereocenters. The van der Waals surface area contributed by atoms with Crippen LogP contribution in [0.15, 0.2) is 30.3 Å². The van der Waals surface area contributed by atoms with Crippen LogP contribution in [0.25, 0.3) is 0 Å². The molecule has 0 fully saturated rings. The molecule has 0 saturated heterocycles. The molecule has 0 radical (unpaired) electrons. The maximum atomic E-state index is 13.6. The molecule has 0 aliphatic rings. The first-order valence-corrected chi connectivity index (χ1v) is 7.08. The second-order valence-electron chi connectivity index (χ2n) is 4.85. The van der Waals surface area contributed by atoms with Crippen molar-refractivity contribution in [2.75, 3.05) is 7.05 Å². The lowest BCUT2D eigenvalue weighted by atomic mass is 9.95. The standard InChI is InChI=1S/C16H16Cl2FN/c1-9-6-12(14(18)7-10(9)2)16(20-3)11-4-5-13(17)15(19)8-11/h4-8,16,20H,1-3H3. The first-order valence-electron chi connectivity index (χ1n) is 6.33. The molecule has 1 nitrogen and oxygen atoms in total. The van der Waals surface area contributed by atoms with Gasteiger partial charge in [0.2, 0.25) is 0 Å². The highest BCUT2D eigenvalue weighted by atomic mass is 35.5. The van der Waals surface area contributed by atoms with Crippen LogP contribution in [0.2, 0.25) is 10.0 Å². The van der Waals surface area contributed by atoms with E-state index in [-0.39, 0.29) is 11.1 Å². The van der Waals surface area contributed by atoms with Gasteiger partial charge in [-0.25, -0.2) is 4.39 Å². The van der Waals surface area contributed by atoms with Crippen LogP contribution in [0, 0.1) is 19.7 Å². The summed E-state index contributed by atoms with van der Waals surface area (Å²) < 4.78 is 13.6. The Kier molecular flexibility index (Phi) is 4.69. The number of hydrogen-bond acceptors (Lipinski definition) is 1. The fraction of sp³-hybridized carbons (Fsp3) is 0.250. The average molecular weight is 312 g/mol. The number of aryl methyl sites for hydroxylation is 2. The quantitative estimate of drug-likeness (QED) is 0.835. The first-order chi connectivity index (χ1) is 9.43. The maximum Gasteiger partial charge on any atom is 0.142 e. The molecule has 2 rings (SSSR count). The number of nitrogens with one attached hydrogen (secondary N) is 1. The molecule has 0 spiro atoms. The zero-order chi connectivity index (χ0) is 14.9. The lowest BCUT2D eigenvalue weighted by molar-refractivity contribution is 0.617. The number of hydrogen-bond donors (Lipinski definition) is 1. The van der Waals surface area contributed by atoms with E-state index in [1.54, 1.807) is 12.1 Å². The van der Waals surface area contributed by atoms with E-state index in [0.717, 1.165) is 22.3 Å². The predicted molar refractivity (Wildman–Crippen MR) is 83.2 cm³/mol. The van der Waals surface area contributed by atoms with Crippen LogP contribution in [0.3, 0.4) is 0 Å². The summed E-state index contributed by atoms with van der Waals surface area (Å²) in [6.45, 7) is 4.05. The van der Waals surface area contributed by atoms with E-state index in [9.17, 15) is 4.39 Å². The molecule has 0 aromatic heterocycles. The van der Waals surface area contributed by atoms with Crippen LogP contribution in [-0.2, 0) is 0 Å². The van der Waals surface area contributed by atoms with Gasteiger partial charge in [0, 0.05) is 5.02 Å². The second kappa shape index (κ2) is 6.13. The van der Waals surface area contributed by atoms with E-state index in [1.165, 1.54) is 6.07 Å². The van der Waals surface area contributed by atoms with Gasteiger partial charge >= 0.3 is 0 Å². The van der Waals surface area contributed by atoms with Gasteiger partial charge in [0.1, 0.15) is 5.82 Å². The Labute approximate surface area is 128 Å². The summed E-state index contributed by atoms with van der Waals surface area (Å²) in [6.07, 6.45) is 0. The van der Waals surface area contributed by atoms with Gasteiger partial charge in [0.05, 0.1) is 11.1 Å². The summed E-state index contributed by atoms with van der Waals surface area (Å²) in [7, 11) is 1.82. The number of rotatable bonds is 3. The Morgan fingerprint density at radius 3 is 2.25 bits per heavy atom. The second-order valence-corrected chi connectivity index (χ2v) is 5.67. The van der Waals surface area contributed by atoms with Crippen molar-refractivity contribution in [3.63, 3.8) is 0 Å². The first kappa shape index (κ1) is 15.3. The van der Waals surface area contributed by atoms with Gasteiger partial charge in [-0.1, -0.05) is 35.3 Å². The summed E-state index contributed by atoms with van der Waals surface area (Å²) in [6, 6.07) is 8.60. The Balaban J connectivity index is 2.52. The van der Waals surface area contributed by atoms with Crippen molar-refractivity contribution in [3.8, 4) is 0 Å². The molecule has 0 bridgehead atoms. The highest BCUT2D eigenvalue weighted by Crippen LogP contribution is 2.31. The normalized spacial score (nSPS) is 12.5. The fourth-order valence-electron chi connectivity index (χ4n) is 2.22. The molecule has 0 aliphatic carbocycles. The topological polar surface area (TPSA) is 12.0 Å². The Bertz CT molecular complexity index is 641. The van der Waals surface area contributed by atoms with Crippen molar-refractivity contribution in [3.05, 3.63) is 68.4 Å². The van der Waals surface area contributed by atoms with Gasteiger partial charge in [-0.2, -0.15) is 0 Å². The SMILES string of the molecule is CNC(c1ccc(Cl)c(F)c1)c1cc(C)c(C)cc1Cl. The summed E-state index contributed by atoms with van der Waals surface area (Å²) in [5, 5.41) is 3.96. The minimum absolute atomic E-state index is 0.120. The van der Waals surface area contributed by atoms with Crippen molar-refractivity contribution >= 4 is 23.2 Å². The average Bonchev–Trinajstić information content (AvgIpc) is 2.40. The molecule has 0 heterocycles. The smallest absolute Gasteiger partial charge is 0.142 e. The third kappa shape index (κ3) is 2.98. The van der Waals surface area contributed by atoms with Crippen molar-refractivity contribution in [1.82, 2.24) is 5.32 Å². The van der Waals surface area contributed by atoms with Crippen LogP contribution in [0.5, 0.6) is 0 Å². The van der Waals surface area contributed by atoms with E-state index >= 15 is 0 Å². The number of benzene rings is 2. The monoisotopic (exact) mass is 311 g/mol. The van der Waals surface area contributed by atoms with Gasteiger partial charge < -0.3 is 5.32 Å². The van der Waals surface area contributed by atoms with Crippen molar-refractivity contribution in [2.45, 2.75) is 19.9 Å². The lowest BCUT2D eigenvalue weighted by Gasteiger charge is -2.20. The molecule has 1 N–H and O–H groups in total. The minimum atomic E-state index is -0.427. The molecular weight excluding hydrogens is 296 g/mol. The minimum Gasteiger partial charge on any atom is -0.309 e. The lowest BCUT2D eigenvalue weighted by Crippen LogP contribution is -2.18. The molecule has 4 heteroatoms. The van der Waals surface area contributed by atoms with Crippen molar-refractivity contribution < 1.29 is 4.39 Å². The van der Waals surface area contributed by atoms with Crippen LogP contribution in [0.4, 0.5) is 4.39 Å².